The van der Waals surface area contributed by atoms with Crippen LogP contribution in [-0.4, -0.2) is 10.8 Å². The highest BCUT2D eigenvalue weighted by atomic mass is 16.1. The number of hydrogen-bond donors (Lipinski definition) is 0. The zero-order valence-electron chi connectivity index (χ0n) is 16.6. The summed E-state index contributed by atoms with van der Waals surface area (Å²) < 4.78 is 0. The number of hydrogen-bond acceptors (Lipinski definition) is 3. The Hall–Kier alpha value is -2.73. The number of carbonyl (C=O) groups is 1. The minimum Gasteiger partial charge on any atom is -0.300 e. The number of carbonyl (C=O) groups excluding carboxylic acids is 1. The van der Waals surface area contributed by atoms with Crippen LogP contribution in [0.3, 0.4) is 0 Å². The molecule has 3 nitrogen and oxygen atoms in total. The van der Waals surface area contributed by atoms with Crippen molar-refractivity contribution in [2.45, 2.75) is 40.5 Å². The summed E-state index contributed by atoms with van der Waals surface area (Å²) in [5.41, 5.74) is 3.35. The molecule has 0 aliphatic heterocycles. The fourth-order valence-corrected chi connectivity index (χ4v) is 3.46. The summed E-state index contributed by atoms with van der Waals surface area (Å²) in [5.74, 6) is 1.60. The molecule has 3 rings (SSSR count). The van der Waals surface area contributed by atoms with E-state index >= 15 is 0 Å². The summed E-state index contributed by atoms with van der Waals surface area (Å²) in [4.78, 5) is 16.3. The van der Waals surface area contributed by atoms with Crippen LogP contribution in [0.2, 0.25) is 0 Å². The zero-order chi connectivity index (χ0) is 19.8. The van der Waals surface area contributed by atoms with Gasteiger partial charge in [0.2, 0.25) is 0 Å². The van der Waals surface area contributed by atoms with Crippen LogP contribution in [0.25, 0.3) is 17.2 Å². The standard InChI is InChI=1S/C22H22N2O.C2H6/c1-15-11-21(25)12-17(16(15)2)7-9-20-10-8-19(14-24-20)22-6-4-3-5-18(22)13-23;1-2/h3-10,14-17H,11-12H2,1-2H3;1-2H3/b9-7+;. The number of benzene rings is 1. The Balaban J connectivity index is 0.00000126. The lowest BCUT2D eigenvalue weighted by molar-refractivity contribution is -0.123. The first-order chi connectivity index (χ1) is 13.1. The van der Waals surface area contributed by atoms with Crippen molar-refractivity contribution in [3.05, 3.63) is 59.9 Å². The fourth-order valence-electron chi connectivity index (χ4n) is 3.46. The molecule has 0 spiro atoms. The zero-order valence-corrected chi connectivity index (χ0v) is 16.6. The van der Waals surface area contributed by atoms with Crippen molar-refractivity contribution in [2.75, 3.05) is 0 Å². The van der Waals surface area contributed by atoms with E-state index in [2.05, 4.69) is 31.0 Å². The number of rotatable bonds is 3. The molecule has 2 aromatic rings. The predicted octanol–water partition coefficient (Wildman–Crippen LogP) is 5.91. The molecular weight excluding hydrogens is 332 g/mol. The fraction of sp³-hybridized carbons (Fsp3) is 0.375. The Kier molecular flexibility index (Phi) is 7.49. The monoisotopic (exact) mass is 360 g/mol. The highest BCUT2D eigenvalue weighted by Crippen LogP contribution is 2.33. The second-order valence-corrected chi connectivity index (χ2v) is 6.94. The number of nitriles is 1. The molecule has 1 aliphatic carbocycles. The van der Waals surface area contributed by atoms with Gasteiger partial charge in [0.25, 0.3) is 0 Å². The Morgan fingerprint density at radius 3 is 2.52 bits per heavy atom. The first kappa shape index (κ1) is 20.6. The number of aromatic nitrogens is 1. The highest BCUT2D eigenvalue weighted by Gasteiger charge is 2.29. The maximum Gasteiger partial charge on any atom is 0.133 e. The van der Waals surface area contributed by atoms with E-state index in [9.17, 15) is 10.1 Å². The Bertz CT molecular complexity index is 830. The van der Waals surface area contributed by atoms with Crippen molar-refractivity contribution < 1.29 is 4.79 Å². The molecule has 1 heterocycles. The van der Waals surface area contributed by atoms with Crippen LogP contribution in [-0.2, 0) is 4.79 Å². The Morgan fingerprint density at radius 2 is 1.85 bits per heavy atom. The summed E-state index contributed by atoms with van der Waals surface area (Å²) in [6, 6.07) is 13.7. The lowest BCUT2D eigenvalue weighted by atomic mass is 9.73. The molecular formula is C24H28N2O. The number of Topliss-reactive ketones (excluding diaryl/α,β-unsaturated/α-hetero) is 1. The lowest BCUT2D eigenvalue weighted by Crippen LogP contribution is -2.28. The van der Waals surface area contributed by atoms with Crippen molar-refractivity contribution in [1.29, 1.82) is 5.26 Å². The molecule has 0 bridgehead atoms. The van der Waals surface area contributed by atoms with Crippen molar-refractivity contribution >= 4 is 11.9 Å². The van der Waals surface area contributed by atoms with Crippen LogP contribution in [0.15, 0.2) is 48.7 Å². The molecule has 0 amide bonds. The molecule has 0 N–H and O–H groups in total. The van der Waals surface area contributed by atoms with E-state index < -0.39 is 0 Å². The smallest absolute Gasteiger partial charge is 0.133 e. The normalized spacial score (nSPS) is 22.0. The van der Waals surface area contributed by atoms with Gasteiger partial charge in [-0.05, 0) is 36.0 Å². The minimum atomic E-state index is 0.289. The van der Waals surface area contributed by atoms with Gasteiger partial charge in [-0.3, -0.25) is 9.78 Å². The molecule has 27 heavy (non-hydrogen) atoms. The van der Waals surface area contributed by atoms with Crippen LogP contribution in [0.4, 0.5) is 0 Å². The van der Waals surface area contributed by atoms with Crippen LogP contribution in [0.1, 0.15) is 51.8 Å². The maximum absolute atomic E-state index is 11.8. The third-order valence-corrected chi connectivity index (χ3v) is 5.24. The number of ketones is 1. The van der Waals surface area contributed by atoms with Gasteiger partial charge in [-0.25, -0.2) is 0 Å². The molecule has 140 valence electrons. The molecule has 0 radical (unpaired) electrons. The quantitative estimate of drug-likeness (QED) is 0.683. The largest absolute Gasteiger partial charge is 0.300 e. The van der Waals surface area contributed by atoms with Crippen molar-refractivity contribution in [2.24, 2.45) is 17.8 Å². The predicted molar refractivity (Wildman–Crippen MR) is 111 cm³/mol. The molecule has 0 saturated heterocycles. The van der Waals surface area contributed by atoms with E-state index in [1.54, 1.807) is 6.20 Å². The molecule has 1 aromatic carbocycles. The van der Waals surface area contributed by atoms with Gasteiger partial charge < -0.3 is 0 Å². The minimum absolute atomic E-state index is 0.289. The summed E-state index contributed by atoms with van der Waals surface area (Å²) in [5, 5.41) is 9.22. The molecule has 1 saturated carbocycles. The van der Waals surface area contributed by atoms with E-state index in [1.165, 1.54) is 0 Å². The number of allylic oxidation sites excluding steroid dienone is 1. The average molecular weight is 361 g/mol. The second kappa shape index (κ2) is 9.83. The molecule has 3 heteroatoms. The SMILES string of the molecule is CC.CC1CC(=O)CC(/C=C/c2ccc(-c3ccccc3C#N)cn2)C1C. The highest BCUT2D eigenvalue weighted by molar-refractivity contribution is 5.80. The van der Waals surface area contributed by atoms with Crippen LogP contribution >= 0.6 is 0 Å². The Morgan fingerprint density at radius 1 is 1.11 bits per heavy atom. The first-order valence-corrected chi connectivity index (χ1v) is 9.74. The lowest BCUT2D eigenvalue weighted by Gasteiger charge is -2.31. The second-order valence-electron chi connectivity index (χ2n) is 6.94. The van der Waals surface area contributed by atoms with Crippen molar-refractivity contribution in [1.82, 2.24) is 4.98 Å². The number of pyridine rings is 1. The summed E-state index contributed by atoms with van der Waals surface area (Å²) in [7, 11) is 0. The summed E-state index contributed by atoms with van der Waals surface area (Å²) >= 11 is 0. The third kappa shape index (κ3) is 5.14. The average Bonchev–Trinajstić information content (AvgIpc) is 2.71. The van der Waals surface area contributed by atoms with Gasteiger partial charge in [-0.1, -0.05) is 58.0 Å². The molecule has 3 unspecified atom stereocenters. The van der Waals surface area contributed by atoms with Crippen molar-refractivity contribution in [3.8, 4) is 17.2 Å². The van der Waals surface area contributed by atoms with Crippen LogP contribution < -0.4 is 0 Å². The van der Waals surface area contributed by atoms with Crippen molar-refractivity contribution in [3.63, 3.8) is 0 Å². The van der Waals surface area contributed by atoms with Gasteiger partial charge in [0.15, 0.2) is 0 Å². The van der Waals surface area contributed by atoms with E-state index in [1.807, 2.05) is 56.3 Å². The molecule has 3 atom stereocenters. The molecule has 1 fully saturated rings. The Labute approximate surface area is 162 Å². The van der Waals surface area contributed by atoms with E-state index in [0.717, 1.165) is 16.8 Å². The molecule has 1 aromatic heterocycles. The first-order valence-electron chi connectivity index (χ1n) is 9.74. The van der Waals surface area contributed by atoms with Gasteiger partial charge in [-0.2, -0.15) is 5.26 Å². The maximum atomic E-state index is 11.8. The van der Waals surface area contributed by atoms with E-state index in [4.69, 9.17) is 0 Å². The topological polar surface area (TPSA) is 53.8 Å². The summed E-state index contributed by atoms with van der Waals surface area (Å²) in [6.07, 6.45) is 7.27. The molecule has 1 aliphatic rings. The van der Waals surface area contributed by atoms with E-state index in [0.29, 0.717) is 36.0 Å². The third-order valence-electron chi connectivity index (χ3n) is 5.24. The van der Waals surface area contributed by atoms with Gasteiger partial charge in [-0.15, -0.1) is 0 Å². The summed E-state index contributed by atoms with van der Waals surface area (Å²) in [6.45, 7) is 8.38. The van der Waals surface area contributed by atoms with Gasteiger partial charge in [0.05, 0.1) is 17.3 Å². The van der Waals surface area contributed by atoms with Crippen LogP contribution in [0, 0.1) is 29.1 Å². The van der Waals surface area contributed by atoms with Gasteiger partial charge in [0.1, 0.15) is 5.78 Å². The van der Waals surface area contributed by atoms with Crippen LogP contribution in [0.5, 0.6) is 0 Å². The van der Waals surface area contributed by atoms with E-state index in [-0.39, 0.29) is 5.92 Å². The number of nitrogens with zero attached hydrogens (tertiary/aromatic N) is 2. The van der Waals surface area contributed by atoms with Gasteiger partial charge >= 0.3 is 0 Å². The van der Waals surface area contributed by atoms with Gasteiger partial charge in [0, 0.05) is 30.2 Å².